The highest BCUT2D eigenvalue weighted by Gasteiger charge is 2.23. The van der Waals surface area contributed by atoms with E-state index in [-0.39, 0.29) is 17.6 Å². The molecule has 1 aromatic heterocycles. The van der Waals surface area contributed by atoms with Crippen molar-refractivity contribution in [3.63, 3.8) is 0 Å². The van der Waals surface area contributed by atoms with Gasteiger partial charge in [0.15, 0.2) is 5.76 Å². The molecule has 0 spiro atoms. The van der Waals surface area contributed by atoms with Crippen molar-refractivity contribution in [3.8, 4) is 5.75 Å². The van der Waals surface area contributed by atoms with Gasteiger partial charge in [-0.3, -0.25) is 9.59 Å². The Kier molecular flexibility index (Phi) is 5.69. The second kappa shape index (κ2) is 8.43. The zero-order valence-corrected chi connectivity index (χ0v) is 18.3. The van der Waals surface area contributed by atoms with Gasteiger partial charge in [0.25, 0.3) is 11.8 Å². The number of aryl methyl sites for hydroxylation is 2. The van der Waals surface area contributed by atoms with Crippen molar-refractivity contribution in [3.05, 3.63) is 58.8 Å². The van der Waals surface area contributed by atoms with Crippen LogP contribution in [0.3, 0.4) is 0 Å². The number of methoxy groups -OCH3 is 1. The van der Waals surface area contributed by atoms with Crippen molar-refractivity contribution >= 4 is 28.5 Å². The summed E-state index contributed by atoms with van der Waals surface area (Å²) in [7, 11) is 3.58. The van der Waals surface area contributed by atoms with Crippen LogP contribution in [0.1, 0.15) is 32.0 Å². The minimum atomic E-state index is -0.379. The molecular weight excluding hydrogens is 394 g/mol. The quantitative estimate of drug-likeness (QED) is 0.695. The van der Waals surface area contributed by atoms with E-state index in [1.165, 1.54) is 7.11 Å². The fourth-order valence-electron chi connectivity index (χ4n) is 3.91. The van der Waals surface area contributed by atoms with E-state index >= 15 is 0 Å². The smallest absolute Gasteiger partial charge is 0.291 e. The molecule has 0 unspecified atom stereocenters. The van der Waals surface area contributed by atoms with E-state index in [9.17, 15) is 9.59 Å². The molecule has 0 radical (unpaired) electrons. The number of nitrogens with one attached hydrogen (secondary N) is 1. The fourth-order valence-corrected chi connectivity index (χ4v) is 3.91. The Labute approximate surface area is 181 Å². The number of carbonyl (C=O) groups is 2. The lowest BCUT2D eigenvalue weighted by Crippen LogP contribution is -2.47. The number of anilines is 1. The zero-order valence-electron chi connectivity index (χ0n) is 18.3. The Morgan fingerprint density at radius 1 is 1.06 bits per heavy atom. The Morgan fingerprint density at radius 2 is 1.81 bits per heavy atom. The lowest BCUT2D eigenvalue weighted by atomic mass is 10.1. The van der Waals surface area contributed by atoms with Crippen LogP contribution in [-0.4, -0.2) is 62.0 Å². The van der Waals surface area contributed by atoms with E-state index in [2.05, 4.69) is 10.2 Å². The first kappa shape index (κ1) is 20.9. The van der Waals surface area contributed by atoms with Gasteiger partial charge in [-0.05, 0) is 44.7 Å². The summed E-state index contributed by atoms with van der Waals surface area (Å²) >= 11 is 0. The summed E-state index contributed by atoms with van der Waals surface area (Å²) in [6.07, 6.45) is 0. The molecule has 1 aliphatic heterocycles. The van der Waals surface area contributed by atoms with Crippen LogP contribution in [0.4, 0.5) is 5.69 Å². The third kappa shape index (κ3) is 4.01. The maximum Gasteiger partial charge on any atom is 0.291 e. The Morgan fingerprint density at radius 3 is 2.48 bits per heavy atom. The fraction of sp³-hybridized carbons (Fsp3) is 0.333. The molecule has 31 heavy (non-hydrogen) atoms. The van der Waals surface area contributed by atoms with Crippen molar-refractivity contribution in [1.82, 2.24) is 9.80 Å². The van der Waals surface area contributed by atoms with Crippen LogP contribution < -0.4 is 10.1 Å². The molecule has 2 heterocycles. The van der Waals surface area contributed by atoms with Gasteiger partial charge in [0.1, 0.15) is 11.3 Å². The third-order valence-electron chi connectivity index (χ3n) is 5.85. The van der Waals surface area contributed by atoms with Crippen molar-refractivity contribution in [2.75, 3.05) is 45.7 Å². The van der Waals surface area contributed by atoms with E-state index in [0.29, 0.717) is 35.7 Å². The molecule has 3 aromatic rings. The zero-order chi connectivity index (χ0) is 22.1. The molecule has 2 aromatic carbocycles. The summed E-state index contributed by atoms with van der Waals surface area (Å²) in [4.78, 5) is 30.0. The first-order chi connectivity index (χ1) is 14.9. The minimum absolute atomic E-state index is 0.0539. The predicted molar refractivity (Wildman–Crippen MR) is 120 cm³/mol. The monoisotopic (exact) mass is 421 g/mol. The molecule has 0 saturated carbocycles. The largest absolute Gasteiger partial charge is 0.495 e. The van der Waals surface area contributed by atoms with Gasteiger partial charge in [0.05, 0.1) is 12.8 Å². The maximum absolute atomic E-state index is 13.0. The van der Waals surface area contributed by atoms with Crippen molar-refractivity contribution < 1.29 is 18.7 Å². The average Bonchev–Trinajstić information content (AvgIpc) is 3.12. The number of fused-ring (bicyclic) bond motifs is 1. The first-order valence-corrected chi connectivity index (χ1v) is 10.3. The Balaban J connectivity index is 1.61. The molecule has 1 aliphatic rings. The van der Waals surface area contributed by atoms with Gasteiger partial charge < -0.3 is 24.3 Å². The van der Waals surface area contributed by atoms with E-state index in [4.69, 9.17) is 9.15 Å². The normalized spacial score (nSPS) is 14.6. The summed E-state index contributed by atoms with van der Waals surface area (Å²) in [5.41, 5.74) is 3.40. The van der Waals surface area contributed by atoms with Crippen LogP contribution in [0, 0.1) is 13.8 Å². The number of benzene rings is 2. The van der Waals surface area contributed by atoms with Gasteiger partial charge in [-0.2, -0.15) is 0 Å². The number of piperazine rings is 1. The average molecular weight is 421 g/mol. The molecule has 7 nitrogen and oxygen atoms in total. The number of carbonyl (C=O) groups excluding carboxylic acids is 2. The SMILES string of the molecule is COc1ccc(C(=O)N2CCN(C)CC2)cc1NC(=O)c1oc2c(C)cccc2c1C. The summed E-state index contributed by atoms with van der Waals surface area (Å²) in [6, 6.07) is 10.9. The molecule has 0 aliphatic carbocycles. The van der Waals surface area contributed by atoms with Crippen LogP contribution in [-0.2, 0) is 0 Å². The second-order valence-electron chi connectivity index (χ2n) is 7.97. The van der Waals surface area contributed by atoms with Crippen molar-refractivity contribution in [2.45, 2.75) is 13.8 Å². The predicted octanol–water partition coefficient (Wildman–Crippen LogP) is 3.70. The standard InChI is InChI=1S/C24H27N3O4/c1-15-6-5-7-18-16(2)22(31-21(15)18)23(28)25-19-14-17(8-9-20(19)30-4)24(29)27-12-10-26(3)11-13-27/h5-9,14H,10-13H2,1-4H3,(H,25,28). The number of likely N-dealkylation sites (N-methyl/N-ethyl adjacent to an activating group) is 1. The minimum Gasteiger partial charge on any atom is -0.495 e. The van der Waals surface area contributed by atoms with Gasteiger partial charge in [0, 0.05) is 42.7 Å². The van der Waals surface area contributed by atoms with Gasteiger partial charge >= 0.3 is 0 Å². The summed E-state index contributed by atoms with van der Waals surface area (Å²) in [5.74, 6) is 0.299. The lowest BCUT2D eigenvalue weighted by Gasteiger charge is -2.32. The maximum atomic E-state index is 13.0. The number of para-hydroxylation sites is 1. The Bertz CT molecular complexity index is 1140. The summed E-state index contributed by atoms with van der Waals surface area (Å²) in [5, 5.41) is 3.78. The number of hydrogen-bond acceptors (Lipinski definition) is 5. The molecule has 0 atom stereocenters. The van der Waals surface area contributed by atoms with E-state index in [0.717, 1.165) is 29.6 Å². The highest BCUT2D eigenvalue weighted by atomic mass is 16.5. The van der Waals surface area contributed by atoms with Gasteiger partial charge in [-0.1, -0.05) is 18.2 Å². The van der Waals surface area contributed by atoms with Gasteiger partial charge in [-0.25, -0.2) is 0 Å². The van der Waals surface area contributed by atoms with Crippen LogP contribution in [0.5, 0.6) is 5.75 Å². The molecule has 0 bridgehead atoms. The second-order valence-corrected chi connectivity index (χ2v) is 7.97. The molecule has 7 heteroatoms. The van der Waals surface area contributed by atoms with E-state index in [1.807, 2.05) is 44.0 Å². The topological polar surface area (TPSA) is 75.0 Å². The number of nitrogens with zero attached hydrogens (tertiary/aromatic N) is 2. The molecule has 4 rings (SSSR count). The number of rotatable bonds is 4. The Hall–Kier alpha value is -3.32. The van der Waals surface area contributed by atoms with Gasteiger partial charge in [0.2, 0.25) is 0 Å². The molecule has 1 fully saturated rings. The molecule has 2 amide bonds. The summed E-state index contributed by atoms with van der Waals surface area (Å²) in [6.45, 7) is 6.86. The number of hydrogen-bond donors (Lipinski definition) is 1. The molecule has 162 valence electrons. The first-order valence-electron chi connectivity index (χ1n) is 10.3. The molecule has 1 N–H and O–H groups in total. The van der Waals surface area contributed by atoms with Crippen molar-refractivity contribution in [1.29, 1.82) is 0 Å². The van der Waals surface area contributed by atoms with Crippen molar-refractivity contribution in [2.24, 2.45) is 0 Å². The van der Waals surface area contributed by atoms with E-state index < -0.39 is 0 Å². The lowest BCUT2D eigenvalue weighted by molar-refractivity contribution is 0.0664. The third-order valence-corrected chi connectivity index (χ3v) is 5.85. The van der Waals surface area contributed by atoms with Crippen LogP contribution in [0.25, 0.3) is 11.0 Å². The molecular formula is C24H27N3O4. The highest BCUT2D eigenvalue weighted by molar-refractivity contribution is 6.08. The van der Waals surface area contributed by atoms with E-state index in [1.54, 1.807) is 18.2 Å². The van der Waals surface area contributed by atoms with Crippen LogP contribution in [0.15, 0.2) is 40.8 Å². The number of ether oxygens (including phenoxy) is 1. The highest BCUT2D eigenvalue weighted by Crippen LogP contribution is 2.30. The van der Waals surface area contributed by atoms with Crippen LogP contribution >= 0.6 is 0 Å². The molecule has 1 saturated heterocycles. The number of furan rings is 1. The van der Waals surface area contributed by atoms with Crippen LogP contribution in [0.2, 0.25) is 0 Å². The summed E-state index contributed by atoms with van der Waals surface area (Å²) < 4.78 is 11.3. The number of amides is 2. The van der Waals surface area contributed by atoms with Gasteiger partial charge in [-0.15, -0.1) is 0 Å².